The van der Waals surface area contributed by atoms with Crippen LogP contribution in [-0.4, -0.2) is 41.4 Å². The summed E-state index contributed by atoms with van der Waals surface area (Å²) in [6.07, 6.45) is 0. The quantitative estimate of drug-likeness (QED) is 0.360. The summed E-state index contributed by atoms with van der Waals surface area (Å²) in [5, 5.41) is 26.4. The van der Waals surface area contributed by atoms with Crippen LogP contribution in [0.3, 0.4) is 0 Å². The van der Waals surface area contributed by atoms with Crippen molar-refractivity contribution in [2.75, 3.05) is 18.5 Å². The standard InChI is InChI=1S/C18H21N5O6S/c1-4-21(5-2)30(28,29)16-9-10-17(18(12-16)23(26)27)20-19-13(3)14-7-6-8-15(11-14)22(24)25/h6-12,20H,4-5H2,1-3H3/b19-13-. The van der Waals surface area contributed by atoms with E-state index in [1.165, 1.54) is 34.6 Å². The van der Waals surface area contributed by atoms with Crippen molar-refractivity contribution in [3.8, 4) is 0 Å². The van der Waals surface area contributed by atoms with E-state index in [-0.39, 0.29) is 29.4 Å². The molecule has 0 saturated heterocycles. The largest absolute Gasteiger partial charge is 0.295 e. The highest BCUT2D eigenvalue weighted by atomic mass is 32.2. The molecule has 0 spiro atoms. The molecule has 0 atom stereocenters. The third-order valence-electron chi connectivity index (χ3n) is 4.33. The second-order valence-electron chi connectivity index (χ2n) is 6.14. The number of anilines is 1. The van der Waals surface area contributed by atoms with Crippen LogP contribution in [0, 0.1) is 20.2 Å². The van der Waals surface area contributed by atoms with Gasteiger partial charge in [-0.3, -0.25) is 25.7 Å². The van der Waals surface area contributed by atoms with Crippen LogP contribution in [0.2, 0.25) is 0 Å². The molecule has 2 aromatic carbocycles. The first-order valence-corrected chi connectivity index (χ1v) is 10.4. The van der Waals surface area contributed by atoms with Crippen molar-refractivity contribution in [3.05, 3.63) is 68.3 Å². The molecule has 2 rings (SSSR count). The Morgan fingerprint density at radius 2 is 1.73 bits per heavy atom. The van der Waals surface area contributed by atoms with Crippen molar-refractivity contribution in [3.63, 3.8) is 0 Å². The van der Waals surface area contributed by atoms with E-state index in [1.54, 1.807) is 26.8 Å². The van der Waals surface area contributed by atoms with Crippen LogP contribution in [0.25, 0.3) is 0 Å². The molecule has 0 unspecified atom stereocenters. The molecule has 0 saturated carbocycles. The van der Waals surface area contributed by atoms with Crippen molar-refractivity contribution in [1.29, 1.82) is 0 Å². The molecule has 0 aliphatic carbocycles. The van der Waals surface area contributed by atoms with Gasteiger partial charge in [-0.2, -0.15) is 9.41 Å². The molecule has 0 fully saturated rings. The predicted octanol–water partition coefficient (Wildman–Crippen LogP) is 3.37. The number of nitro groups is 2. The Balaban J connectivity index is 2.39. The van der Waals surface area contributed by atoms with Crippen LogP contribution in [0.1, 0.15) is 26.3 Å². The zero-order valence-corrected chi connectivity index (χ0v) is 17.4. The van der Waals surface area contributed by atoms with Gasteiger partial charge >= 0.3 is 0 Å². The van der Waals surface area contributed by atoms with Gasteiger partial charge in [-0.15, -0.1) is 0 Å². The number of benzene rings is 2. The van der Waals surface area contributed by atoms with Gasteiger partial charge in [0.2, 0.25) is 10.0 Å². The van der Waals surface area contributed by atoms with Gasteiger partial charge < -0.3 is 0 Å². The smallest absolute Gasteiger partial charge is 0.271 e. The molecular formula is C18H21N5O6S. The van der Waals surface area contributed by atoms with Gasteiger partial charge in [0.15, 0.2) is 0 Å². The summed E-state index contributed by atoms with van der Waals surface area (Å²) < 4.78 is 26.4. The number of sulfonamides is 1. The van der Waals surface area contributed by atoms with Gasteiger partial charge in [0.25, 0.3) is 11.4 Å². The summed E-state index contributed by atoms with van der Waals surface area (Å²) in [5.41, 5.74) is 2.78. The first-order valence-electron chi connectivity index (χ1n) is 8.95. The van der Waals surface area contributed by atoms with Gasteiger partial charge in [0.1, 0.15) is 5.69 Å². The third-order valence-corrected chi connectivity index (χ3v) is 6.37. The van der Waals surface area contributed by atoms with Crippen molar-refractivity contribution in [2.24, 2.45) is 5.10 Å². The van der Waals surface area contributed by atoms with Crippen LogP contribution < -0.4 is 5.43 Å². The third kappa shape index (κ3) is 4.96. The van der Waals surface area contributed by atoms with Crippen LogP contribution in [0.15, 0.2) is 52.5 Å². The fourth-order valence-electron chi connectivity index (χ4n) is 2.68. The number of nitrogens with zero attached hydrogens (tertiary/aromatic N) is 4. The summed E-state index contributed by atoms with van der Waals surface area (Å²) in [4.78, 5) is 20.9. The fraction of sp³-hybridized carbons (Fsp3) is 0.278. The molecular weight excluding hydrogens is 414 g/mol. The minimum absolute atomic E-state index is 0.0109. The van der Waals surface area contributed by atoms with Crippen LogP contribution in [0.4, 0.5) is 17.1 Å². The first kappa shape index (κ1) is 22.9. The van der Waals surface area contributed by atoms with E-state index in [4.69, 9.17) is 0 Å². The number of hydrazone groups is 1. The van der Waals surface area contributed by atoms with Crippen molar-refractivity contribution in [1.82, 2.24) is 4.31 Å². The average molecular weight is 435 g/mol. The van der Waals surface area contributed by atoms with Gasteiger partial charge in [0, 0.05) is 36.9 Å². The van der Waals surface area contributed by atoms with Crippen LogP contribution >= 0.6 is 0 Å². The number of hydrogen-bond acceptors (Lipinski definition) is 8. The molecule has 1 N–H and O–H groups in total. The zero-order valence-electron chi connectivity index (χ0n) is 16.6. The molecule has 0 aliphatic rings. The normalized spacial score (nSPS) is 12.1. The number of non-ortho nitro benzene ring substituents is 1. The lowest BCUT2D eigenvalue weighted by Gasteiger charge is -2.18. The lowest BCUT2D eigenvalue weighted by atomic mass is 10.1. The van der Waals surface area contributed by atoms with E-state index in [0.717, 1.165) is 6.07 Å². The molecule has 0 aromatic heterocycles. The number of nitro benzene ring substituents is 2. The Kier molecular flexibility index (Phi) is 7.19. The van der Waals surface area contributed by atoms with E-state index in [9.17, 15) is 28.6 Å². The van der Waals surface area contributed by atoms with Crippen molar-refractivity contribution in [2.45, 2.75) is 25.7 Å². The summed E-state index contributed by atoms with van der Waals surface area (Å²) in [5.74, 6) is 0. The predicted molar refractivity (Wildman–Crippen MR) is 112 cm³/mol. The van der Waals surface area contributed by atoms with E-state index in [2.05, 4.69) is 10.5 Å². The summed E-state index contributed by atoms with van der Waals surface area (Å²) in [6, 6.07) is 9.29. The van der Waals surface area contributed by atoms with Crippen LogP contribution in [-0.2, 0) is 10.0 Å². The number of rotatable bonds is 9. The van der Waals surface area contributed by atoms with E-state index < -0.39 is 25.6 Å². The van der Waals surface area contributed by atoms with Gasteiger partial charge in [0.05, 0.1) is 20.5 Å². The minimum atomic E-state index is -3.86. The van der Waals surface area contributed by atoms with E-state index in [1.807, 2.05) is 0 Å². The first-order chi connectivity index (χ1) is 14.1. The van der Waals surface area contributed by atoms with Crippen molar-refractivity contribution < 1.29 is 18.3 Å². The summed E-state index contributed by atoms with van der Waals surface area (Å²) in [7, 11) is -3.86. The molecule has 0 bridgehead atoms. The maximum Gasteiger partial charge on any atom is 0.295 e. The highest BCUT2D eigenvalue weighted by molar-refractivity contribution is 7.89. The average Bonchev–Trinajstić information content (AvgIpc) is 2.72. The SMILES string of the molecule is CCN(CC)S(=O)(=O)c1ccc(N/N=C(/C)c2cccc([N+](=O)[O-])c2)c([N+](=O)[O-])c1. The molecule has 2 aromatic rings. The molecule has 12 heteroatoms. The lowest BCUT2D eigenvalue weighted by molar-refractivity contribution is -0.384. The highest BCUT2D eigenvalue weighted by Crippen LogP contribution is 2.29. The highest BCUT2D eigenvalue weighted by Gasteiger charge is 2.25. The molecule has 0 aliphatic heterocycles. The van der Waals surface area contributed by atoms with E-state index in [0.29, 0.717) is 11.3 Å². The lowest BCUT2D eigenvalue weighted by Crippen LogP contribution is -2.30. The summed E-state index contributed by atoms with van der Waals surface area (Å²) >= 11 is 0. The van der Waals surface area contributed by atoms with E-state index >= 15 is 0 Å². The molecule has 160 valence electrons. The molecule has 0 radical (unpaired) electrons. The Bertz CT molecular complexity index is 1100. The summed E-state index contributed by atoms with van der Waals surface area (Å²) in [6.45, 7) is 5.41. The molecule has 11 nitrogen and oxygen atoms in total. The second kappa shape index (κ2) is 9.41. The number of nitrogens with one attached hydrogen (secondary N) is 1. The topological polar surface area (TPSA) is 148 Å². The van der Waals surface area contributed by atoms with Crippen molar-refractivity contribution >= 4 is 32.8 Å². The number of hydrogen-bond donors (Lipinski definition) is 1. The molecule has 0 heterocycles. The van der Waals surface area contributed by atoms with Gasteiger partial charge in [-0.05, 0) is 19.1 Å². The fourth-order valence-corrected chi connectivity index (χ4v) is 4.16. The zero-order chi connectivity index (χ0) is 22.5. The second-order valence-corrected chi connectivity index (χ2v) is 8.08. The van der Waals surface area contributed by atoms with Gasteiger partial charge in [-0.25, -0.2) is 8.42 Å². The maximum absolute atomic E-state index is 12.6. The molecule has 0 amide bonds. The van der Waals surface area contributed by atoms with Gasteiger partial charge in [-0.1, -0.05) is 26.0 Å². The maximum atomic E-state index is 12.6. The Morgan fingerprint density at radius 1 is 1.07 bits per heavy atom. The Morgan fingerprint density at radius 3 is 2.30 bits per heavy atom. The minimum Gasteiger partial charge on any atom is -0.271 e. The Hall–Kier alpha value is -3.38. The molecule has 30 heavy (non-hydrogen) atoms. The van der Waals surface area contributed by atoms with Crippen LogP contribution in [0.5, 0.6) is 0 Å². The Labute approximate surface area is 173 Å². The monoisotopic (exact) mass is 435 g/mol.